The van der Waals surface area contributed by atoms with Crippen LogP contribution in [0.15, 0.2) is 72.1 Å². The molecule has 4 aromatic rings. The van der Waals surface area contributed by atoms with Gasteiger partial charge in [-0.15, -0.1) is 0 Å². The molecule has 1 N–H and O–H groups in total. The van der Waals surface area contributed by atoms with Crippen molar-refractivity contribution in [3.63, 3.8) is 0 Å². The van der Waals surface area contributed by atoms with E-state index < -0.39 is 21.8 Å². The van der Waals surface area contributed by atoms with Crippen LogP contribution in [-0.4, -0.2) is 34.8 Å². The average molecular weight is 516 g/mol. The number of aryl methyl sites for hydroxylation is 1. The van der Waals surface area contributed by atoms with Gasteiger partial charge in [0.05, 0.1) is 22.8 Å². The zero-order chi connectivity index (χ0) is 25.5. The number of hydrogen-bond acceptors (Lipinski definition) is 6. The maximum atomic E-state index is 13.5. The lowest BCUT2D eigenvalue weighted by Crippen LogP contribution is -2.19. The Morgan fingerprint density at radius 1 is 1.06 bits per heavy atom. The van der Waals surface area contributed by atoms with Gasteiger partial charge in [0, 0.05) is 42.6 Å². The number of benzene rings is 2. The van der Waals surface area contributed by atoms with E-state index in [0.29, 0.717) is 34.6 Å². The van der Waals surface area contributed by atoms with E-state index in [2.05, 4.69) is 19.8 Å². The van der Waals surface area contributed by atoms with E-state index in [1.165, 1.54) is 47.7 Å². The van der Waals surface area contributed by atoms with Crippen LogP contribution in [0, 0.1) is 0 Å². The molecule has 0 bridgehead atoms. The van der Waals surface area contributed by atoms with E-state index in [-0.39, 0.29) is 23.2 Å². The highest BCUT2D eigenvalue weighted by molar-refractivity contribution is 7.92. The summed E-state index contributed by atoms with van der Waals surface area (Å²) in [5.41, 5.74) is 1.55. The molecule has 0 saturated heterocycles. The molecular formula is C24H20F3N5O3S. The Bertz CT molecular complexity index is 1520. The van der Waals surface area contributed by atoms with Crippen LogP contribution in [-0.2, 0) is 23.2 Å². The summed E-state index contributed by atoms with van der Waals surface area (Å²) in [6.07, 6.45) is 0.171. The quantitative estimate of drug-likeness (QED) is 0.417. The Morgan fingerprint density at radius 2 is 1.86 bits per heavy atom. The minimum absolute atomic E-state index is 0.0280. The second kappa shape index (κ2) is 8.94. The number of fused-ring (bicyclic) bond motifs is 1. The van der Waals surface area contributed by atoms with Crippen LogP contribution in [0.25, 0.3) is 11.3 Å². The normalized spacial score (nSPS) is 15.7. The van der Waals surface area contributed by atoms with Gasteiger partial charge in [0.2, 0.25) is 0 Å². The number of nitrogens with one attached hydrogen (secondary N) is 1. The third-order valence-electron chi connectivity index (χ3n) is 6.01. The van der Waals surface area contributed by atoms with Gasteiger partial charge in [0.1, 0.15) is 17.9 Å². The van der Waals surface area contributed by atoms with E-state index in [1.807, 2.05) is 0 Å². The van der Waals surface area contributed by atoms with E-state index in [1.54, 1.807) is 19.2 Å². The van der Waals surface area contributed by atoms with Crippen molar-refractivity contribution in [3.05, 3.63) is 83.9 Å². The van der Waals surface area contributed by atoms with E-state index >= 15 is 0 Å². The van der Waals surface area contributed by atoms with Gasteiger partial charge in [0.15, 0.2) is 0 Å². The lowest BCUT2D eigenvalue weighted by molar-refractivity contribution is -0.137. The molecule has 8 nitrogen and oxygen atoms in total. The first-order chi connectivity index (χ1) is 17.1. The van der Waals surface area contributed by atoms with Gasteiger partial charge in [-0.2, -0.15) is 18.3 Å². The zero-order valence-corrected chi connectivity index (χ0v) is 19.7. The summed E-state index contributed by atoms with van der Waals surface area (Å²) in [5, 5.41) is 4.12. The number of anilines is 1. The Kier molecular flexibility index (Phi) is 5.91. The highest BCUT2D eigenvalue weighted by Crippen LogP contribution is 2.44. The number of alkyl halides is 3. The van der Waals surface area contributed by atoms with Crippen molar-refractivity contribution in [2.45, 2.75) is 23.4 Å². The predicted octanol–water partition coefficient (Wildman–Crippen LogP) is 4.61. The Hall–Kier alpha value is -3.93. The van der Waals surface area contributed by atoms with E-state index in [0.717, 1.165) is 12.1 Å². The van der Waals surface area contributed by atoms with Crippen LogP contribution < -0.4 is 9.46 Å². The first kappa shape index (κ1) is 23.8. The second-order valence-electron chi connectivity index (χ2n) is 8.23. The Morgan fingerprint density at radius 3 is 2.56 bits per heavy atom. The highest BCUT2D eigenvalue weighted by atomic mass is 32.2. The fraction of sp³-hybridized carbons (Fsp3) is 0.208. The largest absolute Gasteiger partial charge is 0.493 e. The molecule has 2 aromatic heterocycles. The van der Waals surface area contributed by atoms with Gasteiger partial charge in [-0.3, -0.25) is 9.40 Å². The van der Waals surface area contributed by atoms with E-state index in [4.69, 9.17) is 4.74 Å². The molecule has 0 unspecified atom stereocenters. The van der Waals surface area contributed by atoms with E-state index in [9.17, 15) is 21.6 Å². The number of sulfonamides is 1. The first-order valence-corrected chi connectivity index (χ1v) is 12.4. The summed E-state index contributed by atoms with van der Waals surface area (Å²) >= 11 is 0. The SMILES string of the molecule is Cn1nccc1-c1cc(C(F)(F)F)ccc1[C@@H]1CCOc2cc(S(=O)(=O)Nc3ccncn3)ccc21. The van der Waals surface area contributed by atoms with Crippen molar-refractivity contribution >= 4 is 15.8 Å². The molecule has 12 heteroatoms. The molecule has 0 saturated carbocycles. The molecule has 5 rings (SSSR count). The van der Waals surface area contributed by atoms with Gasteiger partial charge < -0.3 is 4.74 Å². The van der Waals surface area contributed by atoms with Crippen LogP contribution in [0.3, 0.4) is 0 Å². The minimum Gasteiger partial charge on any atom is -0.493 e. The van der Waals surface area contributed by atoms with Crippen LogP contribution >= 0.6 is 0 Å². The number of ether oxygens (including phenoxy) is 1. The lowest BCUT2D eigenvalue weighted by atomic mass is 9.83. The van der Waals surface area contributed by atoms with Crippen molar-refractivity contribution in [2.75, 3.05) is 11.3 Å². The second-order valence-corrected chi connectivity index (χ2v) is 9.91. The third-order valence-corrected chi connectivity index (χ3v) is 7.36. The van der Waals surface area contributed by atoms with Crippen LogP contribution in [0.4, 0.5) is 19.0 Å². The average Bonchev–Trinajstić information content (AvgIpc) is 3.28. The molecule has 0 radical (unpaired) electrons. The standard InChI is InChI=1S/C24H20F3N5O3S/c1-32-21(6-10-30-32)20-12-15(24(25,26)27)2-4-17(20)18-8-11-35-22-13-16(3-5-19(18)22)36(33,34)31-23-7-9-28-14-29-23/h2-7,9-10,12-14,18H,8,11H2,1H3,(H,28,29,31)/t18-/m0/s1. The number of aromatic nitrogens is 4. The lowest BCUT2D eigenvalue weighted by Gasteiger charge is -2.28. The maximum Gasteiger partial charge on any atom is 0.416 e. The van der Waals surface area contributed by atoms with Gasteiger partial charge in [-0.25, -0.2) is 18.4 Å². The molecule has 0 amide bonds. The molecule has 1 aliphatic rings. The number of halogens is 3. The fourth-order valence-corrected chi connectivity index (χ4v) is 5.33. The summed E-state index contributed by atoms with van der Waals surface area (Å²) < 4.78 is 76.0. The fourth-order valence-electron chi connectivity index (χ4n) is 4.30. The van der Waals surface area contributed by atoms with Gasteiger partial charge >= 0.3 is 6.18 Å². The Labute approximate surface area is 204 Å². The summed E-state index contributed by atoms with van der Waals surface area (Å²) in [7, 11) is -2.29. The summed E-state index contributed by atoms with van der Waals surface area (Å²) in [4.78, 5) is 7.61. The topological polar surface area (TPSA) is 99.0 Å². The van der Waals surface area contributed by atoms with Crippen LogP contribution in [0.5, 0.6) is 5.75 Å². The molecule has 2 aromatic carbocycles. The predicted molar refractivity (Wildman–Crippen MR) is 125 cm³/mol. The van der Waals surface area contributed by atoms with Crippen molar-refractivity contribution in [2.24, 2.45) is 7.05 Å². The molecule has 3 heterocycles. The highest BCUT2D eigenvalue weighted by Gasteiger charge is 2.33. The minimum atomic E-state index is -4.50. The molecule has 0 aliphatic carbocycles. The molecule has 0 fully saturated rings. The molecule has 36 heavy (non-hydrogen) atoms. The molecule has 186 valence electrons. The maximum absolute atomic E-state index is 13.5. The smallest absolute Gasteiger partial charge is 0.416 e. The summed E-state index contributed by atoms with van der Waals surface area (Å²) in [6, 6.07) is 11.3. The molecular weight excluding hydrogens is 495 g/mol. The Balaban J connectivity index is 1.56. The first-order valence-electron chi connectivity index (χ1n) is 10.9. The van der Waals surface area contributed by atoms with Crippen LogP contribution in [0.2, 0.25) is 0 Å². The number of rotatable bonds is 5. The number of hydrogen-bond donors (Lipinski definition) is 1. The van der Waals surface area contributed by atoms with Crippen molar-refractivity contribution in [1.29, 1.82) is 0 Å². The van der Waals surface area contributed by atoms with Gasteiger partial charge in [-0.1, -0.05) is 12.1 Å². The summed E-state index contributed by atoms with van der Waals surface area (Å²) in [5.74, 6) is 0.160. The van der Waals surface area contributed by atoms with Crippen LogP contribution in [0.1, 0.15) is 29.0 Å². The monoisotopic (exact) mass is 515 g/mol. The molecule has 0 spiro atoms. The third kappa shape index (κ3) is 4.51. The zero-order valence-electron chi connectivity index (χ0n) is 18.9. The molecule has 1 aliphatic heterocycles. The number of nitrogens with zero attached hydrogens (tertiary/aromatic N) is 4. The van der Waals surface area contributed by atoms with Gasteiger partial charge in [-0.05, 0) is 42.3 Å². The van der Waals surface area contributed by atoms with Crippen molar-refractivity contribution < 1.29 is 26.3 Å². The summed E-state index contributed by atoms with van der Waals surface area (Å²) in [6.45, 7) is 0.270. The molecule has 1 atom stereocenters. The van der Waals surface area contributed by atoms with Gasteiger partial charge in [0.25, 0.3) is 10.0 Å². The van der Waals surface area contributed by atoms with Crippen molar-refractivity contribution in [3.8, 4) is 17.0 Å². The van der Waals surface area contributed by atoms with Crippen molar-refractivity contribution in [1.82, 2.24) is 19.7 Å².